The van der Waals surface area contributed by atoms with Crippen molar-refractivity contribution in [2.75, 3.05) is 13.2 Å². The quantitative estimate of drug-likeness (QED) is 0.728. The second kappa shape index (κ2) is 5.01. The second-order valence-electron chi connectivity index (χ2n) is 3.74. The molecule has 1 N–H and O–H groups in total. The number of aliphatic hydroxyl groups is 1. The van der Waals surface area contributed by atoms with Crippen LogP contribution < -0.4 is 0 Å². The molecule has 1 amide bonds. The molecule has 0 radical (unpaired) electrons. The van der Waals surface area contributed by atoms with E-state index >= 15 is 0 Å². The first-order chi connectivity index (χ1) is 7.52. The molecule has 0 aromatic rings. The lowest BCUT2D eigenvalue weighted by atomic mass is 10.2. The van der Waals surface area contributed by atoms with Crippen molar-refractivity contribution in [1.29, 1.82) is 0 Å². The van der Waals surface area contributed by atoms with E-state index in [2.05, 4.69) is 0 Å². The highest BCUT2D eigenvalue weighted by molar-refractivity contribution is 6.05. The molecule has 0 aromatic heterocycles. The van der Waals surface area contributed by atoms with Gasteiger partial charge < -0.3 is 14.7 Å². The van der Waals surface area contributed by atoms with E-state index < -0.39 is 17.6 Å². The average Bonchev–Trinajstić information content (AvgIpc) is 2.56. The number of hydrogen-bond donors (Lipinski definition) is 1. The zero-order valence-corrected chi connectivity index (χ0v) is 9.82. The highest BCUT2D eigenvalue weighted by atomic mass is 16.5. The fraction of sp³-hybridized carbons (Fsp3) is 0.636. The van der Waals surface area contributed by atoms with E-state index in [0.29, 0.717) is 0 Å². The van der Waals surface area contributed by atoms with Crippen molar-refractivity contribution in [2.24, 2.45) is 0 Å². The largest absolute Gasteiger partial charge is 0.503 e. The Hall–Kier alpha value is -1.52. The van der Waals surface area contributed by atoms with Gasteiger partial charge >= 0.3 is 5.97 Å². The molecule has 1 rings (SSSR count). The molecular weight excluding hydrogens is 210 g/mol. The topological polar surface area (TPSA) is 66.8 Å². The first-order valence-corrected chi connectivity index (χ1v) is 5.43. The number of rotatable bonds is 4. The third-order valence-corrected chi connectivity index (χ3v) is 2.72. The van der Waals surface area contributed by atoms with Crippen LogP contribution in [0.25, 0.3) is 0 Å². The molecule has 0 spiro atoms. The summed E-state index contributed by atoms with van der Waals surface area (Å²) in [5, 5.41) is 9.56. The van der Waals surface area contributed by atoms with Gasteiger partial charge in [0.2, 0.25) is 0 Å². The lowest BCUT2D eigenvalue weighted by Gasteiger charge is -2.22. The number of hydrogen-bond acceptors (Lipinski definition) is 4. The highest BCUT2D eigenvalue weighted by Gasteiger charge is 2.36. The third-order valence-electron chi connectivity index (χ3n) is 2.72. The van der Waals surface area contributed by atoms with Crippen LogP contribution in [0.15, 0.2) is 11.3 Å². The molecule has 0 aromatic carbocycles. The van der Waals surface area contributed by atoms with Gasteiger partial charge in [-0.1, -0.05) is 6.92 Å². The molecule has 90 valence electrons. The number of nitrogens with zero attached hydrogens (tertiary/aromatic N) is 1. The van der Waals surface area contributed by atoms with Crippen LogP contribution in [0, 0.1) is 0 Å². The zero-order valence-electron chi connectivity index (χ0n) is 9.82. The summed E-state index contributed by atoms with van der Waals surface area (Å²) in [7, 11) is 0. The molecule has 0 unspecified atom stereocenters. The number of amides is 1. The van der Waals surface area contributed by atoms with Crippen LogP contribution in [-0.4, -0.2) is 41.1 Å². The summed E-state index contributed by atoms with van der Waals surface area (Å²) in [5.41, 5.74) is 0.0622. The number of ether oxygens (including phenoxy) is 1. The van der Waals surface area contributed by atoms with Crippen molar-refractivity contribution in [3.05, 3.63) is 11.3 Å². The van der Waals surface area contributed by atoms with E-state index in [9.17, 15) is 14.7 Å². The minimum atomic E-state index is -0.612. The highest BCUT2D eigenvalue weighted by Crippen LogP contribution is 2.21. The molecule has 1 heterocycles. The fourth-order valence-corrected chi connectivity index (χ4v) is 1.54. The molecule has 0 fully saturated rings. The van der Waals surface area contributed by atoms with E-state index in [-0.39, 0.29) is 24.8 Å². The summed E-state index contributed by atoms with van der Waals surface area (Å²) in [6.45, 7) is 5.86. The van der Waals surface area contributed by atoms with Crippen LogP contribution in [0.3, 0.4) is 0 Å². The van der Waals surface area contributed by atoms with Gasteiger partial charge in [-0.05, 0) is 20.3 Å². The molecule has 1 aliphatic heterocycles. The smallest absolute Gasteiger partial charge is 0.339 e. The van der Waals surface area contributed by atoms with Gasteiger partial charge in [0.05, 0.1) is 13.2 Å². The van der Waals surface area contributed by atoms with Gasteiger partial charge in [-0.3, -0.25) is 4.79 Å². The second-order valence-corrected chi connectivity index (χ2v) is 3.74. The number of aliphatic hydroxyl groups excluding tert-OH is 1. The van der Waals surface area contributed by atoms with E-state index in [1.54, 1.807) is 6.92 Å². The molecule has 5 heteroatoms. The molecule has 1 aliphatic rings. The Labute approximate surface area is 94.7 Å². The van der Waals surface area contributed by atoms with Crippen molar-refractivity contribution in [3.8, 4) is 0 Å². The maximum absolute atomic E-state index is 11.6. The molecule has 1 atom stereocenters. The van der Waals surface area contributed by atoms with Crippen molar-refractivity contribution in [1.82, 2.24) is 4.90 Å². The minimum absolute atomic E-state index is 0.00146. The van der Waals surface area contributed by atoms with Gasteiger partial charge in [-0.2, -0.15) is 0 Å². The summed E-state index contributed by atoms with van der Waals surface area (Å²) in [6.07, 6.45) is 0.773. The SMILES string of the molecule is CCOC(=O)C1=C(O)C(=O)N([C@H](C)CC)C1. The Bertz CT molecular complexity index is 335. The molecule has 16 heavy (non-hydrogen) atoms. The third kappa shape index (κ3) is 2.18. The van der Waals surface area contributed by atoms with Crippen LogP contribution >= 0.6 is 0 Å². The van der Waals surface area contributed by atoms with E-state index in [1.165, 1.54) is 4.90 Å². The lowest BCUT2D eigenvalue weighted by Crippen LogP contribution is -2.35. The average molecular weight is 227 g/mol. The van der Waals surface area contributed by atoms with Crippen molar-refractivity contribution >= 4 is 11.9 Å². The predicted octanol–water partition coefficient (Wildman–Crippen LogP) is 1.00. The normalized spacial score (nSPS) is 17.9. The summed E-state index contributed by atoms with van der Waals surface area (Å²) >= 11 is 0. The molecule has 0 aliphatic carbocycles. The molecule has 5 nitrogen and oxygen atoms in total. The number of carbonyl (C=O) groups is 2. The standard InChI is InChI=1S/C11H17NO4/c1-4-7(3)12-6-8(9(13)10(12)14)11(15)16-5-2/h7,13H,4-6H2,1-3H3/t7-/m1/s1. The van der Waals surface area contributed by atoms with E-state index in [0.717, 1.165) is 6.42 Å². The van der Waals surface area contributed by atoms with Gasteiger partial charge in [0.15, 0.2) is 5.76 Å². The maximum atomic E-state index is 11.6. The Morgan fingerprint density at radius 1 is 1.56 bits per heavy atom. The maximum Gasteiger partial charge on any atom is 0.339 e. The fourth-order valence-electron chi connectivity index (χ4n) is 1.54. The Morgan fingerprint density at radius 3 is 2.69 bits per heavy atom. The molecule has 0 saturated heterocycles. The van der Waals surface area contributed by atoms with Crippen LogP contribution in [0.2, 0.25) is 0 Å². The molecule has 0 saturated carbocycles. The van der Waals surface area contributed by atoms with Crippen molar-refractivity contribution in [3.63, 3.8) is 0 Å². The first kappa shape index (κ1) is 12.5. The van der Waals surface area contributed by atoms with Gasteiger partial charge in [0.1, 0.15) is 5.57 Å². The lowest BCUT2D eigenvalue weighted by molar-refractivity contribution is -0.138. The van der Waals surface area contributed by atoms with E-state index in [4.69, 9.17) is 4.74 Å². The Kier molecular flexibility index (Phi) is 3.93. The summed E-state index contributed by atoms with van der Waals surface area (Å²) in [4.78, 5) is 24.5. The van der Waals surface area contributed by atoms with Crippen LogP contribution in [0.5, 0.6) is 0 Å². The van der Waals surface area contributed by atoms with Crippen molar-refractivity contribution in [2.45, 2.75) is 33.2 Å². The van der Waals surface area contributed by atoms with E-state index in [1.807, 2.05) is 13.8 Å². The molecule has 0 bridgehead atoms. The van der Waals surface area contributed by atoms with Gasteiger partial charge in [0, 0.05) is 6.04 Å². The van der Waals surface area contributed by atoms with Crippen LogP contribution in [-0.2, 0) is 14.3 Å². The number of carbonyl (C=O) groups excluding carboxylic acids is 2. The van der Waals surface area contributed by atoms with Gasteiger partial charge in [0.25, 0.3) is 5.91 Å². The zero-order chi connectivity index (χ0) is 12.3. The summed E-state index contributed by atoms with van der Waals surface area (Å²) in [5.74, 6) is -1.57. The number of esters is 1. The van der Waals surface area contributed by atoms with Gasteiger partial charge in [-0.25, -0.2) is 4.79 Å². The Balaban J connectivity index is 2.82. The molecular formula is C11H17NO4. The van der Waals surface area contributed by atoms with Crippen LogP contribution in [0.1, 0.15) is 27.2 Å². The van der Waals surface area contributed by atoms with Gasteiger partial charge in [-0.15, -0.1) is 0 Å². The van der Waals surface area contributed by atoms with Crippen molar-refractivity contribution < 1.29 is 19.4 Å². The summed E-state index contributed by atoms with van der Waals surface area (Å²) < 4.78 is 4.77. The van der Waals surface area contributed by atoms with Crippen LogP contribution in [0.4, 0.5) is 0 Å². The minimum Gasteiger partial charge on any atom is -0.503 e. The predicted molar refractivity (Wildman–Crippen MR) is 57.8 cm³/mol. The Morgan fingerprint density at radius 2 is 2.19 bits per heavy atom. The summed E-state index contributed by atoms with van der Waals surface area (Å²) in [6, 6.07) is 0.00146. The monoisotopic (exact) mass is 227 g/mol. The first-order valence-electron chi connectivity index (χ1n) is 5.43.